The maximum Gasteiger partial charge on any atom is 0.120 e. The Kier molecular flexibility index (Phi) is 2.82. The van der Waals surface area contributed by atoms with E-state index in [1.807, 2.05) is 6.92 Å². The summed E-state index contributed by atoms with van der Waals surface area (Å²) in [6.45, 7) is 8.21. The van der Waals surface area contributed by atoms with Crippen LogP contribution in [0.4, 0.5) is 0 Å². The van der Waals surface area contributed by atoms with Gasteiger partial charge in [0, 0.05) is 35.7 Å². The minimum atomic E-state index is 0.170. The third-order valence-electron chi connectivity index (χ3n) is 4.07. The number of benzene rings is 1. The molecule has 3 nitrogen and oxygen atoms in total. The van der Waals surface area contributed by atoms with Gasteiger partial charge in [-0.05, 0) is 51.0 Å². The average molecular weight is 258 g/mol. The number of aromatic nitrogens is 1. The Labute approximate surface area is 114 Å². The van der Waals surface area contributed by atoms with Crippen molar-refractivity contribution < 1.29 is 4.74 Å². The van der Waals surface area contributed by atoms with E-state index in [9.17, 15) is 0 Å². The van der Waals surface area contributed by atoms with Crippen LogP contribution < -0.4 is 10.1 Å². The Balaban J connectivity index is 2.19. The predicted octanol–water partition coefficient (Wildman–Crippen LogP) is 3.00. The number of nitrogens with one attached hydrogen (secondary N) is 1. The van der Waals surface area contributed by atoms with Gasteiger partial charge in [-0.25, -0.2) is 0 Å². The molecule has 0 saturated carbocycles. The van der Waals surface area contributed by atoms with E-state index in [4.69, 9.17) is 4.74 Å². The zero-order valence-corrected chi connectivity index (χ0v) is 12.2. The van der Waals surface area contributed by atoms with E-state index in [-0.39, 0.29) is 5.54 Å². The molecule has 1 aromatic carbocycles. The van der Waals surface area contributed by atoms with Gasteiger partial charge in [-0.1, -0.05) is 0 Å². The van der Waals surface area contributed by atoms with E-state index in [1.165, 1.54) is 22.2 Å². The van der Waals surface area contributed by atoms with Crippen LogP contribution in [0.3, 0.4) is 0 Å². The molecule has 0 unspecified atom stereocenters. The van der Waals surface area contributed by atoms with Gasteiger partial charge in [0.2, 0.25) is 0 Å². The fourth-order valence-corrected chi connectivity index (χ4v) is 3.06. The summed E-state index contributed by atoms with van der Waals surface area (Å²) in [5.41, 5.74) is 4.35. The summed E-state index contributed by atoms with van der Waals surface area (Å²) in [5.74, 6) is 0.972. The lowest BCUT2D eigenvalue weighted by molar-refractivity contribution is 0.340. The Morgan fingerprint density at radius 2 is 2.16 bits per heavy atom. The van der Waals surface area contributed by atoms with Crippen LogP contribution >= 0.6 is 0 Å². The summed E-state index contributed by atoms with van der Waals surface area (Å²) < 4.78 is 7.95. The fraction of sp³-hybridized carbons (Fsp3) is 0.500. The number of hydrogen-bond donors (Lipinski definition) is 1. The number of ether oxygens (including phenoxy) is 1. The van der Waals surface area contributed by atoms with E-state index in [0.717, 1.165) is 18.7 Å². The highest BCUT2D eigenvalue weighted by atomic mass is 16.5. The second-order valence-electron chi connectivity index (χ2n) is 6.01. The Bertz CT molecular complexity index is 625. The zero-order valence-electron chi connectivity index (χ0n) is 12.2. The first-order valence-electron chi connectivity index (χ1n) is 7.00. The number of hydrogen-bond acceptors (Lipinski definition) is 2. The van der Waals surface area contributed by atoms with Gasteiger partial charge in [0.05, 0.1) is 6.61 Å². The molecule has 0 spiro atoms. The molecule has 3 heteroatoms. The van der Waals surface area contributed by atoms with E-state index in [2.05, 4.69) is 49.0 Å². The maximum absolute atomic E-state index is 5.64. The summed E-state index contributed by atoms with van der Waals surface area (Å²) in [7, 11) is 2.15. The second kappa shape index (κ2) is 4.27. The molecule has 1 N–H and O–H groups in total. The standard InChI is InChI=1S/C16H22N2O/c1-5-19-11-6-7-14-12(8-11)13-9-16(2,3)17-10-15(13)18(14)4/h6-8,17H,5,9-10H2,1-4H3. The van der Waals surface area contributed by atoms with E-state index in [0.29, 0.717) is 6.61 Å². The largest absolute Gasteiger partial charge is 0.494 e. The second-order valence-corrected chi connectivity index (χ2v) is 6.01. The molecule has 3 rings (SSSR count). The van der Waals surface area contributed by atoms with Gasteiger partial charge in [-0.3, -0.25) is 0 Å². The zero-order chi connectivity index (χ0) is 13.6. The van der Waals surface area contributed by atoms with E-state index in [1.54, 1.807) is 0 Å². The molecule has 0 amide bonds. The quantitative estimate of drug-likeness (QED) is 0.896. The first kappa shape index (κ1) is 12.5. The van der Waals surface area contributed by atoms with Crippen LogP contribution in [0.1, 0.15) is 32.0 Å². The van der Waals surface area contributed by atoms with Crippen LogP contribution in [0.25, 0.3) is 10.9 Å². The first-order valence-corrected chi connectivity index (χ1v) is 7.00. The van der Waals surface area contributed by atoms with Gasteiger partial charge in [-0.2, -0.15) is 0 Å². The van der Waals surface area contributed by atoms with Gasteiger partial charge >= 0.3 is 0 Å². The Morgan fingerprint density at radius 1 is 1.37 bits per heavy atom. The monoisotopic (exact) mass is 258 g/mol. The molecule has 1 aliphatic heterocycles. The van der Waals surface area contributed by atoms with Crippen molar-refractivity contribution in [2.24, 2.45) is 7.05 Å². The minimum Gasteiger partial charge on any atom is -0.494 e. The van der Waals surface area contributed by atoms with Crippen molar-refractivity contribution in [1.29, 1.82) is 0 Å². The van der Waals surface area contributed by atoms with Crippen molar-refractivity contribution in [2.75, 3.05) is 6.61 Å². The highest BCUT2D eigenvalue weighted by Gasteiger charge is 2.28. The lowest BCUT2D eigenvalue weighted by atomic mass is 9.89. The Hall–Kier alpha value is -1.48. The van der Waals surface area contributed by atoms with Crippen molar-refractivity contribution in [3.05, 3.63) is 29.5 Å². The molecular weight excluding hydrogens is 236 g/mol. The maximum atomic E-state index is 5.64. The summed E-state index contributed by atoms with van der Waals surface area (Å²) >= 11 is 0. The SMILES string of the molecule is CCOc1ccc2c(c1)c1c(n2C)CNC(C)(C)C1. The van der Waals surface area contributed by atoms with Crippen LogP contribution in [-0.2, 0) is 20.0 Å². The van der Waals surface area contributed by atoms with Crippen molar-refractivity contribution in [3.63, 3.8) is 0 Å². The van der Waals surface area contributed by atoms with Crippen LogP contribution in [0.15, 0.2) is 18.2 Å². The summed E-state index contributed by atoms with van der Waals surface area (Å²) in [6, 6.07) is 6.43. The van der Waals surface area contributed by atoms with E-state index >= 15 is 0 Å². The lowest BCUT2D eigenvalue weighted by Gasteiger charge is -2.31. The summed E-state index contributed by atoms with van der Waals surface area (Å²) in [5, 5.41) is 4.95. The molecule has 1 aliphatic rings. The summed E-state index contributed by atoms with van der Waals surface area (Å²) in [4.78, 5) is 0. The molecule has 0 aliphatic carbocycles. The normalized spacial score (nSPS) is 17.5. The van der Waals surface area contributed by atoms with Gasteiger partial charge in [-0.15, -0.1) is 0 Å². The molecule has 0 radical (unpaired) electrons. The molecule has 102 valence electrons. The molecule has 0 bridgehead atoms. The van der Waals surface area contributed by atoms with Crippen molar-refractivity contribution in [1.82, 2.24) is 9.88 Å². The molecule has 1 aromatic heterocycles. The fourth-order valence-electron chi connectivity index (χ4n) is 3.06. The van der Waals surface area contributed by atoms with Crippen molar-refractivity contribution in [2.45, 2.75) is 39.3 Å². The molecule has 19 heavy (non-hydrogen) atoms. The molecule has 0 saturated heterocycles. The molecule has 0 fully saturated rings. The van der Waals surface area contributed by atoms with E-state index < -0.39 is 0 Å². The number of rotatable bonds is 2. The summed E-state index contributed by atoms with van der Waals surface area (Å²) in [6.07, 6.45) is 1.06. The first-order chi connectivity index (χ1) is 9.02. The third kappa shape index (κ3) is 2.02. The number of nitrogens with zero attached hydrogens (tertiary/aromatic N) is 1. The average Bonchev–Trinajstić information content (AvgIpc) is 2.62. The van der Waals surface area contributed by atoms with Crippen molar-refractivity contribution >= 4 is 10.9 Å². The predicted molar refractivity (Wildman–Crippen MR) is 78.7 cm³/mol. The number of fused-ring (bicyclic) bond motifs is 3. The van der Waals surface area contributed by atoms with Crippen molar-refractivity contribution in [3.8, 4) is 5.75 Å². The number of aryl methyl sites for hydroxylation is 1. The minimum absolute atomic E-state index is 0.170. The lowest BCUT2D eigenvalue weighted by Crippen LogP contribution is -2.44. The smallest absolute Gasteiger partial charge is 0.120 e. The van der Waals surface area contributed by atoms with Gasteiger partial charge in [0.25, 0.3) is 0 Å². The van der Waals surface area contributed by atoms with Gasteiger partial charge < -0.3 is 14.6 Å². The van der Waals surface area contributed by atoms with Crippen LogP contribution in [0.2, 0.25) is 0 Å². The van der Waals surface area contributed by atoms with Crippen LogP contribution in [0.5, 0.6) is 5.75 Å². The highest BCUT2D eigenvalue weighted by Crippen LogP contribution is 2.34. The van der Waals surface area contributed by atoms with Crippen LogP contribution in [-0.4, -0.2) is 16.7 Å². The van der Waals surface area contributed by atoms with Gasteiger partial charge in [0.15, 0.2) is 0 Å². The van der Waals surface area contributed by atoms with Gasteiger partial charge in [0.1, 0.15) is 5.75 Å². The molecule has 2 heterocycles. The topological polar surface area (TPSA) is 26.2 Å². The molecule has 2 aromatic rings. The van der Waals surface area contributed by atoms with Crippen LogP contribution in [0, 0.1) is 0 Å². The highest BCUT2D eigenvalue weighted by molar-refractivity contribution is 5.87. The third-order valence-corrected chi connectivity index (χ3v) is 4.07. The molecular formula is C16H22N2O. The molecule has 0 atom stereocenters. The Morgan fingerprint density at radius 3 is 2.89 bits per heavy atom.